The molecule has 2 aromatic carbocycles. The second-order valence-corrected chi connectivity index (χ2v) is 8.23. The molecule has 4 rings (SSSR count). The molecule has 1 aliphatic rings. The van der Waals surface area contributed by atoms with Crippen molar-refractivity contribution >= 4 is 11.8 Å². The molecule has 1 aliphatic heterocycles. The summed E-state index contributed by atoms with van der Waals surface area (Å²) >= 11 is 0. The standard InChI is InChI=1S/C25H25NO3/c1-16(2)25(4,18-11-9-17(3)10-12-18)22-14-13-19(29-22)15-26-23(27)20-7-5-6-8-21(20)24(26)28/h5-14,16H,15H2,1-4H3. The van der Waals surface area contributed by atoms with Crippen molar-refractivity contribution in [1.29, 1.82) is 0 Å². The SMILES string of the molecule is Cc1ccc(C(C)(c2ccc(CN3C(=O)c4ccccc4C3=O)o2)C(C)C)cc1. The van der Waals surface area contributed by atoms with Gasteiger partial charge in [-0.1, -0.05) is 55.8 Å². The van der Waals surface area contributed by atoms with Gasteiger partial charge in [0.1, 0.15) is 11.5 Å². The molecule has 4 heteroatoms. The van der Waals surface area contributed by atoms with Crippen LogP contribution in [0.5, 0.6) is 0 Å². The van der Waals surface area contributed by atoms with Gasteiger partial charge in [0.2, 0.25) is 0 Å². The zero-order chi connectivity index (χ0) is 20.8. The topological polar surface area (TPSA) is 50.5 Å². The lowest BCUT2D eigenvalue weighted by molar-refractivity contribution is 0.0630. The fourth-order valence-electron chi connectivity index (χ4n) is 3.94. The molecule has 2 heterocycles. The van der Waals surface area contributed by atoms with Gasteiger partial charge in [-0.3, -0.25) is 14.5 Å². The zero-order valence-electron chi connectivity index (χ0n) is 17.2. The van der Waals surface area contributed by atoms with E-state index < -0.39 is 0 Å². The monoisotopic (exact) mass is 387 g/mol. The summed E-state index contributed by atoms with van der Waals surface area (Å²) in [6.45, 7) is 8.73. The number of imide groups is 1. The number of rotatable bonds is 5. The summed E-state index contributed by atoms with van der Waals surface area (Å²) < 4.78 is 6.21. The molecule has 1 unspecified atom stereocenters. The first kappa shape index (κ1) is 19.2. The molecule has 0 saturated heterocycles. The summed E-state index contributed by atoms with van der Waals surface area (Å²) in [6, 6.07) is 19.3. The molecule has 3 aromatic rings. The molecule has 0 radical (unpaired) electrons. The van der Waals surface area contributed by atoms with E-state index in [0.29, 0.717) is 22.8 Å². The first-order valence-electron chi connectivity index (χ1n) is 9.94. The van der Waals surface area contributed by atoms with Crippen LogP contribution in [0.3, 0.4) is 0 Å². The minimum atomic E-state index is -0.312. The Bertz CT molecular complexity index is 1040. The van der Waals surface area contributed by atoms with E-state index in [2.05, 4.69) is 52.0 Å². The lowest BCUT2D eigenvalue weighted by Crippen LogP contribution is -2.30. The quantitative estimate of drug-likeness (QED) is 0.555. The number of furan rings is 1. The highest BCUT2D eigenvalue weighted by Crippen LogP contribution is 2.40. The third kappa shape index (κ3) is 3.09. The summed E-state index contributed by atoms with van der Waals surface area (Å²) in [7, 11) is 0. The molecule has 0 aliphatic carbocycles. The molecule has 0 N–H and O–H groups in total. The second kappa shape index (κ2) is 7.03. The number of fused-ring (bicyclic) bond motifs is 1. The average molecular weight is 387 g/mol. The predicted molar refractivity (Wildman–Crippen MR) is 112 cm³/mol. The minimum absolute atomic E-state index is 0.133. The van der Waals surface area contributed by atoms with Gasteiger partial charge in [-0.15, -0.1) is 0 Å². The van der Waals surface area contributed by atoms with Gasteiger partial charge in [0, 0.05) is 0 Å². The summed E-state index contributed by atoms with van der Waals surface area (Å²) in [5.74, 6) is 1.20. The summed E-state index contributed by atoms with van der Waals surface area (Å²) in [4.78, 5) is 26.5. The highest BCUT2D eigenvalue weighted by molar-refractivity contribution is 6.21. The average Bonchev–Trinajstić information content (AvgIpc) is 3.28. The third-order valence-electron chi connectivity index (χ3n) is 6.17. The van der Waals surface area contributed by atoms with Crippen LogP contribution in [0.15, 0.2) is 65.1 Å². The van der Waals surface area contributed by atoms with Crippen LogP contribution in [0.25, 0.3) is 0 Å². The van der Waals surface area contributed by atoms with Crippen LogP contribution >= 0.6 is 0 Å². The summed E-state index contributed by atoms with van der Waals surface area (Å²) in [6.07, 6.45) is 0. The van der Waals surface area contributed by atoms with Crippen molar-refractivity contribution in [3.63, 3.8) is 0 Å². The van der Waals surface area contributed by atoms with Gasteiger partial charge in [-0.2, -0.15) is 0 Å². The molecule has 4 nitrogen and oxygen atoms in total. The van der Waals surface area contributed by atoms with E-state index in [1.807, 2.05) is 12.1 Å². The first-order valence-corrected chi connectivity index (χ1v) is 9.94. The summed E-state index contributed by atoms with van der Waals surface area (Å²) in [5.41, 5.74) is 2.99. The van der Waals surface area contributed by atoms with E-state index in [0.717, 1.165) is 5.76 Å². The second-order valence-electron chi connectivity index (χ2n) is 8.23. The number of carbonyl (C=O) groups is 2. The van der Waals surface area contributed by atoms with Gasteiger partial charge in [0.05, 0.1) is 23.1 Å². The van der Waals surface area contributed by atoms with Crippen molar-refractivity contribution < 1.29 is 14.0 Å². The largest absolute Gasteiger partial charge is 0.463 e. The molecule has 0 fully saturated rings. The predicted octanol–water partition coefficient (Wildman–Crippen LogP) is 5.35. The van der Waals surface area contributed by atoms with Crippen molar-refractivity contribution in [2.24, 2.45) is 5.92 Å². The third-order valence-corrected chi connectivity index (χ3v) is 6.17. The maximum Gasteiger partial charge on any atom is 0.261 e. The normalized spacial score (nSPS) is 15.7. The molecular weight excluding hydrogens is 362 g/mol. The Morgan fingerprint density at radius 1 is 0.897 bits per heavy atom. The van der Waals surface area contributed by atoms with Crippen molar-refractivity contribution in [1.82, 2.24) is 4.90 Å². The van der Waals surface area contributed by atoms with Gasteiger partial charge >= 0.3 is 0 Å². The molecule has 0 saturated carbocycles. The minimum Gasteiger partial charge on any atom is -0.463 e. The van der Waals surface area contributed by atoms with Crippen molar-refractivity contribution in [2.75, 3.05) is 0 Å². The Kier molecular flexibility index (Phi) is 4.65. The van der Waals surface area contributed by atoms with Crippen LogP contribution in [0.1, 0.15) is 64.1 Å². The molecule has 29 heavy (non-hydrogen) atoms. The Balaban J connectivity index is 1.63. The summed E-state index contributed by atoms with van der Waals surface area (Å²) in [5, 5.41) is 0. The number of nitrogens with zero attached hydrogens (tertiary/aromatic N) is 1. The van der Waals surface area contributed by atoms with Crippen LogP contribution in [0.4, 0.5) is 0 Å². The van der Waals surface area contributed by atoms with Crippen LogP contribution in [0.2, 0.25) is 0 Å². The Hall–Kier alpha value is -3.14. The van der Waals surface area contributed by atoms with Crippen molar-refractivity contribution in [3.05, 3.63) is 94.4 Å². The zero-order valence-corrected chi connectivity index (χ0v) is 17.2. The molecule has 2 amide bonds. The van der Waals surface area contributed by atoms with Crippen LogP contribution in [-0.2, 0) is 12.0 Å². The van der Waals surface area contributed by atoms with E-state index in [4.69, 9.17) is 4.42 Å². The molecular formula is C25H25NO3. The maximum absolute atomic E-state index is 12.6. The van der Waals surface area contributed by atoms with E-state index in [-0.39, 0.29) is 23.8 Å². The van der Waals surface area contributed by atoms with Gasteiger partial charge in [-0.25, -0.2) is 0 Å². The lowest BCUT2D eigenvalue weighted by atomic mass is 9.71. The highest BCUT2D eigenvalue weighted by atomic mass is 16.3. The van der Waals surface area contributed by atoms with Crippen molar-refractivity contribution in [3.8, 4) is 0 Å². The fraction of sp³-hybridized carbons (Fsp3) is 0.280. The van der Waals surface area contributed by atoms with Gasteiger partial charge in [0.25, 0.3) is 11.8 Å². The van der Waals surface area contributed by atoms with Crippen LogP contribution in [0, 0.1) is 12.8 Å². The van der Waals surface area contributed by atoms with E-state index in [1.54, 1.807) is 24.3 Å². The number of carbonyl (C=O) groups excluding carboxylic acids is 2. The van der Waals surface area contributed by atoms with Gasteiger partial charge in [0.15, 0.2) is 0 Å². The number of hydrogen-bond acceptors (Lipinski definition) is 3. The molecule has 148 valence electrons. The van der Waals surface area contributed by atoms with Crippen LogP contribution in [-0.4, -0.2) is 16.7 Å². The Labute approximate surface area is 171 Å². The maximum atomic E-state index is 12.6. The van der Waals surface area contributed by atoms with E-state index >= 15 is 0 Å². The van der Waals surface area contributed by atoms with E-state index in [1.165, 1.54) is 16.0 Å². The lowest BCUT2D eigenvalue weighted by Gasteiger charge is -2.32. The van der Waals surface area contributed by atoms with Gasteiger partial charge in [-0.05, 0) is 49.6 Å². The number of hydrogen-bond donors (Lipinski definition) is 0. The van der Waals surface area contributed by atoms with Gasteiger partial charge < -0.3 is 4.42 Å². The van der Waals surface area contributed by atoms with Crippen LogP contribution < -0.4 is 0 Å². The van der Waals surface area contributed by atoms with Crippen molar-refractivity contribution in [2.45, 2.75) is 39.7 Å². The number of benzene rings is 2. The molecule has 0 spiro atoms. The number of aryl methyl sites for hydroxylation is 1. The molecule has 0 bridgehead atoms. The first-order chi connectivity index (χ1) is 13.8. The molecule has 1 aromatic heterocycles. The fourth-order valence-corrected chi connectivity index (χ4v) is 3.94. The highest BCUT2D eigenvalue weighted by Gasteiger charge is 2.38. The Morgan fingerprint density at radius 2 is 1.48 bits per heavy atom. The molecule has 1 atom stereocenters. The smallest absolute Gasteiger partial charge is 0.261 e. The van der Waals surface area contributed by atoms with E-state index in [9.17, 15) is 9.59 Å². The number of amides is 2. The Morgan fingerprint density at radius 3 is 2.03 bits per heavy atom.